The van der Waals surface area contributed by atoms with E-state index in [1.165, 1.54) is 4.90 Å². The van der Waals surface area contributed by atoms with E-state index in [0.717, 1.165) is 22.3 Å². The largest absolute Gasteiger partial charge is 0.479 e. The van der Waals surface area contributed by atoms with E-state index < -0.39 is 24.3 Å². The van der Waals surface area contributed by atoms with Crippen LogP contribution in [0, 0.1) is 0 Å². The first-order valence-electron chi connectivity index (χ1n) is 11.8. The molecule has 0 bridgehead atoms. The predicted molar refractivity (Wildman–Crippen MR) is 127 cm³/mol. The zero-order chi connectivity index (χ0) is 24.8. The monoisotopic (exact) mass is 482 g/mol. The van der Waals surface area contributed by atoms with Crippen molar-refractivity contribution in [2.45, 2.75) is 31.5 Å². The molecule has 2 amide bonds. The minimum Gasteiger partial charge on any atom is -0.479 e. The molecule has 1 aliphatic heterocycles. The molecular weight excluding hydrogens is 452 g/mol. The molecule has 2 aromatic carbocycles. The second kappa shape index (κ2) is 11.3. The number of nitrogens with zero attached hydrogens (tertiary/aromatic N) is 1. The lowest BCUT2D eigenvalue weighted by Crippen LogP contribution is -2.49. The van der Waals surface area contributed by atoms with Gasteiger partial charge in [0, 0.05) is 25.6 Å². The second-order valence-corrected chi connectivity index (χ2v) is 8.53. The second-order valence-electron chi connectivity index (χ2n) is 8.53. The molecule has 1 saturated heterocycles. The van der Waals surface area contributed by atoms with E-state index >= 15 is 0 Å². The summed E-state index contributed by atoms with van der Waals surface area (Å²) in [5.74, 6) is -1.38. The molecule has 0 aromatic heterocycles. The van der Waals surface area contributed by atoms with E-state index in [2.05, 4.69) is 29.6 Å². The molecule has 9 heteroatoms. The van der Waals surface area contributed by atoms with Crippen LogP contribution >= 0.6 is 0 Å². The maximum atomic E-state index is 12.7. The number of carbonyl (C=O) groups excluding carboxylic acids is 2. The number of rotatable bonds is 9. The van der Waals surface area contributed by atoms with Crippen molar-refractivity contribution in [2.24, 2.45) is 0 Å². The van der Waals surface area contributed by atoms with Gasteiger partial charge in [-0.15, -0.1) is 0 Å². The molecule has 0 radical (unpaired) electrons. The van der Waals surface area contributed by atoms with Crippen molar-refractivity contribution in [1.82, 2.24) is 10.2 Å². The molecule has 4 rings (SSSR count). The highest BCUT2D eigenvalue weighted by atomic mass is 16.5. The van der Waals surface area contributed by atoms with Gasteiger partial charge < -0.3 is 29.5 Å². The summed E-state index contributed by atoms with van der Waals surface area (Å²) in [6.07, 6.45) is -2.15. The Bertz CT molecular complexity index is 1030. The molecule has 1 fully saturated rings. The molecule has 1 aliphatic carbocycles. The third-order valence-corrected chi connectivity index (χ3v) is 6.32. The number of hydrogen-bond donors (Lipinski definition) is 2. The van der Waals surface area contributed by atoms with Crippen LogP contribution in [-0.4, -0.2) is 79.6 Å². The summed E-state index contributed by atoms with van der Waals surface area (Å²) in [6.45, 7) is 2.95. The highest BCUT2D eigenvalue weighted by Crippen LogP contribution is 2.44. The van der Waals surface area contributed by atoms with Crippen LogP contribution < -0.4 is 5.32 Å². The lowest BCUT2D eigenvalue weighted by atomic mass is 9.98. The zero-order valence-corrected chi connectivity index (χ0v) is 19.6. The molecule has 35 heavy (non-hydrogen) atoms. The van der Waals surface area contributed by atoms with Crippen LogP contribution in [0.2, 0.25) is 0 Å². The molecular formula is C26H30N2O7. The number of fused-ring (bicyclic) bond motifs is 3. The van der Waals surface area contributed by atoms with Crippen molar-refractivity contribution in [3.8, 4) is 11.1 Å². The fraction of sp³-hybridized carbons (Fsp3) is 0.423. The minimum absolute atomic E-state index is 0.00712. The minimum atomic E-state index is -1.10. The molecule has 1 heterocycles. The molecule has 186 valence electrons. The van der Waals surface area contributed by atoms with Crippen molar-refractivity contribution in [1.29, 1.82) is 0 Å². The third-order valence-electron chi connectivity index (χ3n) is 6.32. The Hall–Kier alpha value is -3.43. The number of benzene rings is 2. The first-order valence-corrected chi connectivity index (χ1v) is 11.8. The molecule has 2 aliphatic rings. The van der Waals surface area contributed by atoms with E-state index in [1.807, 2.05) is 24.3 Å². The van der Waals surface area contributed by atoms with Crippen LogP contribution in [0.25, 0.3) is 11.1 Å². The van der Waals surface area contributed by atoms with E-state index in [0.29, 0.717) is 13.2 Å². The van der Waals surface area contributed by atoms with E-state index in [9.17, 15) is 14.4 Å². The summed E-state index contributed by atoms with van der Waals surface area (Å²) in [5, 5.41) is 11.8. The SMILES string of the molecule is CCOC(CNC(=O)OCC1c2ccccc2-c2ccccc21)CC(=O)N1CCOC(C(=O)O)C1. The Labute approximate surface area is 204 Å². The van der Waals surface area contributed by atoms with Gasteiger partial charge in [-0.2, -0.15) is 0 Å². The number of hydrogen-bond acceptors (Lipinski definition) is 6. The Morgan fingerprint density at radius 1 is 1.11 bits per heavy atom. The third kappa shape index (κ3) is 5.80. The molecule has 0 saturated carbocycles. The van der Waals surface area contributed by atoms with Gasteiger partial charge in [0.25, 0.3) is 0 Å². The van der Waals surface area contributed by atoms with Crippen LogP contribution in [0.3, 0.4) is 0 Å². The summed E-state index contributed by atoms with van der Waals surface area (Å²) < 4.78 is 16.3. The van der Waals surface area contributed by atoms with Crippen LogP contribution in [-0.2, 0) is 23.8 Å². The van der Waals surface area contributed by atoms with Crippen LogP contribution in [0.15, 0.2) is 48.5 Å². The standard InChI is InChI=1S/C26H30N2O7/c1-2-33-17(13-24(29)28-11-12-34-23(15-28)25(30)31)14-27-26(32)35-16-22-20-9-5-3-7-18(20)19-8-4-6-10-21(19)22/h3-10,17,22-23H,2,11-16H2,1H3,(H,27,32)(H,30,31). The summed E-state index contributed by atoms with van der Waals surface area (Å²) in [4.78, 5) is 37.8. The van der Waals surface area contributed by atoms with E-state index in [1.54, 1.807) is 6.92 Å². The van der Waals surface area contributed by atoms with Gasteiger partial charge in [0.2, 0.25) is 5.91 Å². The Balaban J connectivity index is 1.29. The summed E-state index contributed by atoms with van der Waals surface area (Å²) >= 11 is 0. The van der Waals surface area contributed by atoms with Gasteiger partial charge in [-0.05, 0) is 29.2 Å². The number of carboxylic acids is 1. The number of aliphatic carboxylic acids is 1. The Kier molecular flexibility index (Phi) is 7.99. The fourth-order valence-electron chi connectivity index (χ4n) is 4.62. The van der Waals surface area contributed by atoms with Crippen LogP contribution in [0.1, 0.15) is 30.4 Å². The molecule has 2 unspecified atom stereocenters. The number of morpholine rings is 1. The van der Waals surface area contributed by atoms with Gasteiger partial charge in [0.05, 0.1) is 25.7 Å². The predicted octanol–water partition coefficient (Wildman–Crippen LogP) is 2.63. The van der Waals surface area contributed by atoms with Crippen molar-refractivity contribution >= 4 is 18.0 Å². The quantitative estimate of drug-likeness (QED) is 0.565. The van der Waals surface area contributed by atoms with Gasteiger partial charge in [-0.1, -0.05) is 48.5 Å². The fourth-order valence-corrected chi connectivity index (χ4v) is 4.62. The lowest BCUT2D eigenvalue weighted by molar-refractivity contribution is -0.160. The maximum Gasteiger partial charge on any atom is 0.407 e. The number of nitrogens with one attached hydrogen (secondary N) is 1. The van der Waals surface area contributed by atoms with Crippen LogP contribution in [0.4, 0.5) is 4.79 Å². The summed E-state index contributed by atoms with van der Waals surface area (Å²) in [5.41, 5.74) is 4.56. The molecule has 2 atom stereocenters. The van der Waals surface area contributed by atoms with Crippen molar-refractivity contribution in [2.75, 3.05) is 39.5 Å². The number of ether oxygens (including phenoxy) is 3. The van der Waals surface area contributed by atoms with E-state index in [-0.39, 0.29) is 44.5 Å². The number of carboxylic acid groups (broad SMARTS) is 1. The number of alkyl carbamates (subject to hydrolysis) is 1. The maximum absolute atomic E-state index is 12.7. The van der Waals surface area contributed by atoms with Crippen LogP contribution in [0.5, 0.6) is 0 Å². The Morgan fingerprint density at radius 3 is 2.40 bits per heavy atom. The van der Waals surface area contributed by atoms with Crippen molar-refractivity contribution in [3.05, 3.63) is 59.7 Å². The summed E-state index contributed by atoms with van der Waals surface area (Å²) in [7, 11) is 0. The van der Waals surface area contributed by atoms with Gasteiger partial charge in [0.15, 0.2) is 6.10 Å². The van der Waals surface area contributed by atoms with Crippen molar-refractivity contribution in [3.63, 3.8) is 0 Å². The highest BCUT2D eigenvalue weighted by molar-refractivity contribution is 5.80. The molecule has 2 N–H and O–H groups in total. The highest BCUT2D eigenvalue weighted by Gasteiger charge is 2.31. The summed E-state index contributed by atoms with van der Waals surface area (Å²) in [6, 6.07) is 16.2. The van der Waals surface area contributed by atoms with Gasteiger partial charge in [0.1, 0.15) is 6.61 Å². The van der Waals surface area contributed by atoms with Crippen molar-refractivity contribution < 1.29 is 33.7 Å². The van der Waals surface area contributed by atoms with Gasteiger partial charge >= 0.3 is 12.1 Å². The average Bonchev–Trinajstić information content (AvgIpc) is 3.20. The zero-order valence-electron chi connectivity index (χ0n) is 19.6. The Morgan fingerprint density at radius 2 is 1.77 bits per heavy atom. The number of carbonyl (C=O) groups is 3. The number of amides is 2. The average molecular weight is 483 g/mol. The molecule has 2 aromatic rings. The van der Waals surface area contributed by atoms with Gasteiger partial charge in [-0.3, -0.25) is 4.79 Å². The van der Waals surface area contributed by atoms with Gasteiger partial charge in [-0.25, -0.2) is 9.59 Å². The molecule has 0 spiro atoms. The lowest BCUT2D eigenvalue weighted by Gasteiger charge is -2.32. The molecule has 9 nitrogen and oxygen atoms in total. The normalized spacial score (nSPS) is 17.9. The topological polar surface area (TPSA) is 114 Å². The first-order chi connectivity index (χ1) is 17.0. The first kappa shape index (κ1) is 24.7. The smallest absolute Gasteiger partial charge is 0.407 e. The van der Waals surface area contributed by atoms with E-state index in [4.69, 9.17) is 19.3 Å².